The second-order valence-corrected chi connectivity index (χ2v) is 7.49. The van der Waals surface area contributed by atoms with Crippen LogP contribution >= 0.6 is 0 Å². The highest BCUT2D eigenvalue weighted by atomic mass is 15.2. The number of anilines is 2. The zero-order valence-electron chi connectivity index (χ0n) is 13.1. The summed E-state index contributed by atoms with van der Waals surface area (Å²) < 4.78 is 0. The van der Waals surface area contributed by atoms with Gasteiger partial charge in [-0.05, 0) is 31.6 Å². The van der Waals surface area contributed by atoms with Crippen LogP contribution in [0.4, 0.5) is 11.6 Å². The van der Waals surface area contributed by atoms with E-state index in [4.69, 9.17) is 10.7 Å². The molecule has 1 aromatic rings. The van der Waals surface area contributed by atoms with Crippen LogP contribution in [0.5, 0.6) is 0 Å². The Morgan fingerprint density at radius 3 is 2.25 bits per heavy atom. The molecule has 110 valence electrons. The van der Waals surface area contributed by atoms with Crippen LogP contribution in [0, 0.1) is 18.8 Å². The van der Waals surface area contributed by atoms with E-state index in [0.717, 1.165) is 42.1 Å². The summed E-state index contributed by atoms with van der Waals surface area (Å²) >= 11 is 0. The highest BCUT2D eigenvalue weighted by Crippen LogP contribution is 2.40. The molecule has 3 rings (SSSR count). The minimum absolute atomic E-state index is 0.0633. The van der Waals surface area contributed by atoms with Crippen LogP contribution in [-0.4, -0.2) is 23.1 Å². The summed E-state index contributed by atoms with van der Waals surface area (Å²) in [7, 11) is 0. The summed E-state index contributed by atoms with van der Waals surface area (Å²) in [6.07, 6.45) is 4.17. The first-order valence-electron chi connectivity index (χ1n) is 7.76. The van der Waals surface area contributed by atoms with Crippen LogP contribution in [0.1, 0.15) is 51.4 Å². The van der Waals surface area contributed by atoms with Gasteiger partial charge in [0.25, 0.3) is 0 Å². The average molecular weight is 274 g/mol. The molecule has 0 amide bonds. The zero-order valence-corrected chi connectivity index (χ0v) is 13.1. The van der Waals surface area contributed by atoms with Crippen LogP contribution in [0.15, 0.2) is 0 Å². The fraction of sp³-hybridized carbons (Fsp3) is 0.750. The fourth-order valence-electron chi connectivity index (χ4n) is 3.57. The largest absolute Gasteiger partial charge is 0.383 e. The van der Waals surface area contributed by atoms with Crippen molar-refractivity contribution in [2.75, 3.05) is 23.7 Å². The number of hydrogen-bond donors (Lipinski definition) is 1. The van der Waals surface area contributed by atoms with Crippen molar-refractivity contribution in [1.29, 1.82) is 0 Å². The van der Waals surface area contributed by atoms with Gasteiger partial charge in [0.1, 0.15) is 17.5 Å². The zero-order chi connectivity index (χ0) is 14.5. The number of nitrogens with zero attached hydrogens (tertiary/aromatic N) is 3. The average Bonchev–Trinajstić information content (AvgIpc) is 2.91. The molecule has 2 fully saturated rings. The normalized spacial score (nSPS) is 26.1. The highest BCUT2D eigenvalue weighted by molar-refractivity contribution is 5.57. The molecule has 1 aromatic heterocycles. The number of nitrogens with two attached hydrogens (primary N) is 1. The van der Waals surface area contributed by atoms with Crippen molar-refractivity contribution in [3.63, 3.8) is 0 Å². The molecule has 4 heteroatoms. The Labute approximate surface area is 121 Å². The fourth-order valence-corrected chi connectivity index (χ4v) is 3.57. The molecule has 1 saturated heterocycles. The van der Waals surface area contributed by atoms with Crippen molar-refractivity contribution in [3.05, 3.63) is 11.4 Å². The van der Waals surface area contributed by atoms with Gasteiger partial charge in [-0.15, -0.1) is 0 Å². The Kier molecular flexibility index (Phi) is 3.14. The second-order valence-electron chi connectivity index (χ2n) is 7.49. The van der Waals surface area contributed by atoms with E-state index < -0.39 is 0 Å². The van der Waals surface area contributed by atoms with Gasteiger partial charge in [-0.1, -0.05) is 27.2 Å². The lowest BCUT2D eigenvalue weighted by Crippen LogP contribution is -2.26. The van der Waals surface area contributed by atoms with Gasteiger partial charge in [0.15, 0.2) is 0 Å². The third kappa shape index (κ3) is 2.25. The summed E-state index contributed by atoms with van der Waals surface area (Å²) in [5.74, 6) is 4.29. The van der Waals surface area contributed by atoms with Crippen molar-refractivity contribution >= 4 is 11.6 Å². The van der Waals surface area contributed by atoms with Gasteiger partial charge in [0.2, 0.25) is 0 Å². The molecule has 0 radical (unpaired) electrons. The molecule has 2 heterocycles. The van der Waals surface area contributed by atoms with E-state index in [9.17, 15) is 0 Å². The van der Waals surface area contributed by atoms with E-state index in [-0.39, 0.29) is 5.41 Å². The maximum atomic E-state index is 6.12. The highest BCUT2D eigenvalue weighted by Gasteiger charge is 2.37. The molecule has 4 nitrogen and oxygen atoms in total. The Morgan fingerprint density at radius 2 is 1.70 bits per heavy atom. The summed E-state index contributed by atoms with van der Waals surface area (Å²) in [5, 5.41) is 0. The smallest absolute Gasteiger partial charge is 0.138 e. The van der Waals surface area contributed by atoms with E-state index in [1.807, 2.05) is 6.92 Å². The predicted octanol–water partition coefficient (Wildman–Crippen LogP) is 2.90. The Morgan fingerprint density at radius 1 is 1.10 bits per heavy atom. The molecule has 2 N–H and O–H groups in total. The molecule has 20 heavy (non-hydrogen) atoms. The standard InChI is InChI=1S/C16H26N4/c1-10-13(17)18-15(16(2,3)4)19-14(10)20-8-11-6-5-7-12(11)9-20/h11-12H,5-9H2,1-4H3,(H2,17,18,19). The summed E-state index contributed by atoms with van der Waals surface area (Å²) in [5.41, 5.74) is 7.10. The lowest BCUT2D eigenvalue weighted by atomic mass is 9.95. The van der Waals surface area contributed by atoms with Gasteiger partial charge in [-0.3, -0.25) is 0 Å². The van der Waals surface area contributed by atoms with E-state index in [0.29, 0.717) is 5.82 Å². The Balaban J connectivity index is 1.95. The third-order valence-corrected chi connectivity index (χ3v) is 4.85. The summed E-state index contributed by atoms with van der Waals surface area (Å²) in [6.45, 7) is 10.8. The SMILES string of the molecule is Cc1c(N)nc(C(C)(C)C)nc1N1CC2CCCC2C1. The van der Waals surface area contributed by atoms with Crippen molar-refractivity contribution in [3.8, 4) is 0 Å². The van der Waals surface area contributed by atoms with Gasteiger partial charge >= 0.3 is 0 Å². The van der Waals surface area contributed by atoms with Gasteiger partial charge in [0.05, 0.1) is 0 Å². The Hall–Kier alpha value is -1.32. The van der Waals surface area contributed by atoms with Gasteiger partial charge in [-0.2, -0.15) is 0 Å². The first-order chi connectivity index (χ1) is 9.36. The number of hydrogen-bond acceptors (Lipinski definition) is 4. The molecule has 0 spiro atoms. The quantitative estimate of drug-likeness (QED) is 0.855. The lowest BCUT2D eigenvalue weighted by molar-refractivity contribution is 0.494. The predicted molar refractivity (Wildman–Crippen MR) is 82.9 cm³/mol. The molecule has 2 unspecified atom stereocenters. The van der Waals surface area contributed by atoms with Crippen LogP contribution in [-0.2, 0) is 5.41 Å². The van der Waals surface area contributed by atoms with Crippen LogP contribution in [0.25, 0.3) is 0 Å². The van der Waals surface area contributed by atoms with Gasteiger partial charge < -0.3 is 10.6 Å². The molecule has 1 aliphatic heterocycles. The second kappa shape index (κ2) is 4.61. The lowest BCUT2D eigenvalue weighted by Gasteiger charge is -2.25. The van der Waals surface area contributed by atoms with E-state index >= 15 is 0 Å². The number of fused-ring (bicyclic) bond motifs is 1. The van der Waals surface area contributed by atoms with Crippen molar-refractivity contribution in [2.45, 2.75) is 52.4 Å². The minimum Gasteiger partial charge on any atom is -0.383 e. The first kappa shape index (κ1) is 13.7. The van der Waals surface area contributed by atoms with Gasteiger partial charge in [-0.25, -0.2) is 9.97 Å². The van der Waals surface area contributed by atoms with Crippen molar-refractivity contribution < 1.29 is 0 Å². The maximum absolute atomic E-state index is 6.12. The summed E-state index contributed by atoms with van der Waals surface area (Å²) in [4.78, 5) is 11.8. The summed E-state index contributed by atoms with van der Waals surface area (Å²) in [6, 6.07) is 0. The molecule has 1 aliphatic carbocycles. The van der Waals surface area contributed by atoms with E-state index in [1.54, 1.807) is 0 Å². The maximum Gasteiger partial charge on any atom is 0.138 e. The van der Waals surface area contributed by atoms with Gasteiger partial charge in [0, 0.05) is 24.1 Å². The molecule has 1 saturated carbocycles. The topological polar surface area (TPSA) is 55.0 Å². The molecule has 2 atom stereocenters. The first-order valence-corrected chi connectivity index (χ1v) is 7.76. The number of rotatable bonds is 1. The molecule has 0 aromatic carbocycles. The molecular formula is C16H26N4. The van der Waals surface area contributed by atoms with Crippen molar-refractivity contribution in [1.82, 2.24) is 9.97 Å². The van der Waals surface area contributed by atoms with E-state index in [2.05, 4.69) is 30.7 Å². The number of nitrogen functional groups attached to an aromatic ring is 1. The van der Waals surface area contributed by atoms with Crippen molar-refractivity contribution in [2.24, 2.45) is 11.8 Å². The van der Waals surface area contributed by atoms with Crippen LogP contribution in [0.2, 0.25) is 0 Å². The van der Waals surface area contributed by atoms with Crippen LogP contribution < -0.4 is 10.6 Å². The minimum atomic E-state index is -0.0633. The Bertz CT molecular complexity index is 506. The number of aromatic nitrogens is 2. The third-order valence-electron chi connectivity index (χ3n) is 4.85. The van der Waals surface area contributed by atoms with E-state index in [1.165, 1.54) is 19.3 Å². The van der Waals surface area contributed by atoms with Crippen LogP contribution in [0.3, 0.4) is 0 Å². The molecule has 2 aliphatic rings. The molecule has 0 bridgehead atoms. The molecular weight excluding hydrogens is 248 g/mol. The monoisotopic (exact) mass is 274 g/mol.